The van der Waals surface area contributed by atoms with E-state index in [0.29, 0.717) is 18.2 Å². The predicted octanol–water partition coefficient (Wildman–Crippen LogP) is -1.32. The van der Waals surface area contributed by atoms with Crippen molar-refractivity contribution < 1.29 is 40.6 Å². The summed E-state index contributed by atoms with van der Waals surface area (Å²) < 4.78 is 58.4. The van der Waals surface area contributed by atoms with Crippen LogP contribution in [0, 0.1) is 0 Å². The first kappa shape index (κ1) is 20.5. The van der Waals surface area contributed by atoms with Gasteiger partial charge in [0.05, 0.1) is 28.6 Å². The third-order valence-electron chi connectivity index (χ3n) is 2.04. The minimum atomic E-state index is -4.79. The molecular weight excluding hydrogens is 339 g/mol. The van der Waals surface area contributed by atoms with Crippen molar-refractivity contribution in [2.45, 2.75) is 9.79 Å². The Labute approximate surface area is 142 Å². The van der Waals surface area contributed by atoms with E-state index in [0.717, 1.165) is 0 Å². The first-order valence-electron chi connectivity index (χ1n) is 4.94. The van der Waals surface area contributed by atoms with Gasteiger partial charge < -0.3 is 10.2 Å². The standard InChI is InChI=1S/C9H10O9S2.Na.H/c10-1-2-18-20(16,17)8-4-6(9(11)12)3-7(5-8)19(13,14)15;;/h3-5,10H,1-2H2,(H,11,12)(H,13,14,15);;. The van der Waals surface area contributed by atoms with Crippen LogP contribution in [-0.4, -0.2) is 80.3 Å². The summed E-state index contributed by atoms with van der Waals surface area (Å²) in [7, 11) is -9.25. The molecule has 114 valence electrons. The Bertz CT molecular complexity index is 724. The SMILES string of the molecule is O=C(O)c1cc(S(=O)(=O)O)cc(S(=O)(=O)OCCO)c1.[NaH]. The fourth-order valence-corrected chi connectivity index (χ4v) is 2.80. The molecule has 3 N–H and O–H groups in total. The van der Waals surface area contributed by atoms with Gasteiger partial charge in [-0.05, 0) is 18.2 Å². The van der Waals surface area contributed by atoms with Gasteiger partial charge in [0.25, 0.3) is 20.2 Å². The molecule has 0 saturated heterocycles. The fourth-order valence-electron chi connectivity index (χ4n) is 1.20. The molecule has 0 fully saturated rings. The number of rotatable bonds is 6. The molecule has 0 heterocycles. The Morgan fingerprint density at radius 2 is 1.62 bits per heavy atom. The van der Waals surface area contributed by atoms with Crippen molar-refractivity contribution in [1.82, 2.24) is 0 Å². The molecule has 0 amide bonds. The van der Waals surface area contributed by atoms with Crippen molar-refractivity contribution in [2.24, 2.45) is 0 Å². The summed E-state index contributed by atoms with van der Waals surface area (Å²) in [6, 6.07) is 1.82. The number of aromatic carboxylic acids is 1. The van der Waals surface area contributed by atoms with E-state index in [9.17, 15) is 21.6 Å². The van der Waals surface area contributed by atoms with Crippen molar-refractivity contribution in [3.8, 4) is 0 Å². The van der Waals surface area contributed by atoms with Crippen LogP contribution < -0.4 is 0 Å². The molecular formula is C9H11NaO9S2. The normalized spacial score (nSPS) is 11.7. The number of hydrogen-bond acceptors (Lipinski definition) is 7. The Morgan fingerprint density at radius 3 is 2.05 bits per heavy atom. The van der Waals surface area contributed by atoms with Crippen molar-refractivity contribution in [1.29, 1.82) is 0 Å². The Kier molecular flexibility index (Phi) is 7.45. The molecule has 0 spiro atoms. The van der Waals surface area contributed by atoms with Crippen LogP contribution in [-0.2, 0) is 24.4 Å². The van der Waals surface area contributed by atoms with Crippen LogP contribution in [0.3, 0.4) is 0 Å². The quantitative estimate of drug-likeness (QED) is 0.322. The number of carboxylic acid groups (broad SMARTS) is 1. The molecule has 0 aromatic heterocycles. The van der Waals surface area contributed by atoms with Crippen molar-refractivity contribution in [2.75, 3.05) is 13.2 Å². The molecule has 0 atom stereocenters. The number of aliphatic hydroxyl groups excluding tert-OH is 1. The number of carbonyl (C=O) groups is 1. The van der Waals surface area contributed by atoms with Gasteiger partial charge in [0.1, 0.15) is 0 Å². The molecule has 21 heavy (non-hydrogen) atoms. The summed E-state index contributed by atoms with van der Waals surface area (Å²) in [6.45, 7) is -1.19. The molecule has 12 heteroatoms. The molecule has 0 unspecified atom stereocenters. The third kappa shape index (κ3) is 5.64. The van der Waals surface area contributed by atoms with Crippen LogP contribution in [0.2, 0.25) is 0 Å². The first-order valence-corrected chi connectivity index (χ1v) is 7.79. The second-order valence-electron chi connectivity index (χ2n) is 3.47. The molecule has 1 rings (SSSR count). The summed E-state index contributed by atoms with van der Waals surface area (Å²) in [5, 5.41) is 17.3. The van der Waals surface area contributed by atoms with E-state index < -0.39 is 54.8 Å². The monoisotopic (exact) mass is 350 g/mol. The fraction of sp³-hybridized carbons (Fsp3) is 0.222. The van der Waals surface area contributed by atoms with Crippen molar-refractivity contribution in [3.05, 3.63) is 23.8 Å². The molecule has 0 saturated carbocycles. The summed E-state index contributed by atoms with van der Waals surface area (Å²) >= 11 is 0. The number of hydrogen-bond donors (Lipinski definition) is 3. The Balaban J connectivity index is 0.00000400. The van der Waals surface area contributed by atoms with E-state index >= 15 is 0 Å². The molecule has 0 radical (unpaired) electrons. The average Bonchev–Trinajstić information content (AvgIpc) is 2.34. The summed E-state index contributed by atoms with van der Waals surface area (Å²) in [5.74, 6) is -1.59. The van der Waals surface area contributed by atoms with Gasteiger partial charge in [-0.25, -0.2) is 4.79 Å². The van der Waals surface area contributed by atoms with Crippen LogP contribution in [0.15, 0.2) is 28.0 Å². The molecule has 9 nitrogen and oxygen atoms in total. The second kappa shape index (κ2) is 7.65. The van der Waals surface area contributed by atoms with E-state index in [4.69, 9.17) is 14.8 Å². The van der Waals surface area contributed by atoms with Gasteiger partial charge in [-0.15, -0.1) is 0 Å². The van der Waals surface area contributed by atoms with E-state index in [2.05, 4.69) is 4.18 Å². The van der Waals surface area contributed by atoms with Gasteiger partial charge in [-0.1, -0.05) is 0 Å². The van der Waals surface area contributed by atoms with E-state index in [1.807, 2.05) is 0 Å². The number of benzene rings is 1. The van der Waals surface area contributed by atoms with Gasteiger partial charge in [-0.3, -0.25) is 8.74 Å². The summed E-state index contributed by atoms with van der Waals surface area (Å²) in [5.41, 5.74) is -0.661. The zero-order valence-electron chi connectivity index (χ0n) is 9.75. The van der Waals surface area contributed by atoms with E-state index in [1.165, 1.54) is 0 Å². The van der Waals surface area contributed by atoms with Gasteiger partial charge in [0.2, 0.25) is 0 Å². The second-order valence-corrected chi connectivity index (χ2v) is 6.51. The number of carboxylic acids is 1. The van der Waals surface area contributed by atoms with Crippen LogP contribution in [0.4, 0.5) is 0 Å². The molecule has 1 aromatic rings. The Hall–Kier alpha value is -0.530. The van der Waals surface area contributed by atoms with E-state index in [-0.39, 0.29) is 29.6 Å². The van der Waals surface area contributed by atoms with Gasteiger partial charge in [0, 0.05) is 0 Å². The molecule has 0 bridgehead atoms. The first-order chi connectivity index (χ1) is 9.08. The van der Waals surface area contributed by atoms with Crippen LogP contribution in [0.25, 0.3) is 0 Å². The van der Waals surface area contributed by atoms with E-state index in [1.54, 1.807) is 0 Å². The topological polar surface area (TPSA) is 155 Å². The maximum absolute atomic E-state index is 11.6. The average molecular weight is 350 g/mol. The zero-order valence-corrected chi connectivity index (χ0v) is 11.4. The van der Waals surface area contributed by atoms with Crippen LogP contribution in [0.1, 0.15) is 10.4 Å². The zero-order chi connectivity index (χ0) is 15.6. The third-order valence-corrected chi connectivity index (χ3v) is 4.16. The van der Waals surface area contributed by atoms with Crippen molar-refractivity contribution >= 4 is 55.8 Å². The summed E-state index contributed by atoms with van der Waals surface area (Å²) in [6.07, 6.45) is 0. The molecule has 1 aromatic carbocycles. The summed E-state index contributed by atoms with van der Waals surface area (Å²) in [4.78, 5) is 9.16. The molecule has 0 aliphatic carbocycles. The van der Waals surface area contributed by atoms with Crippen LogP contribution in [0.5, 0.6) is 0 Å². The predicted molar refractivity (Wildman–Crippen MR) is 70.6 cm³/mol. The van der Waals surface area contributed by atoms with Gasteiger partial charge in [0.15, 0.2) is 0 Å². The maximum atomic E-state index is 11.6. The molecule has 0 aliphatic rings. The van der Waals surface area contributed by atoms with Gasteiger partial charge in [-0.2, -0.15) is 16.8 Å². The molecule has 0 aliphatic heterocycles. The van der Waals surface area contributed by atoms with Crippen molar-refractivity contribution in [3.63, 3.8) is 0 Å². The minimum absolute atomic E-state index is 0. The number of aliphatic hydroxyl groups is 1. The Morgan fingerprint density at radius 1 is 1.10 bits per heavy atom. The van der Waals surface area contributed by atoms with Crippen LogP contribution >= 0.6 is 0 Å². The van der Waals surface area contributed by atoms with Gasteiger partial charge >= 0.3 is 35.5 Å².